The molecule has 8 nitrogen and oxygen atoms in total. The maximum Gasteiger partial charge on any atom is 0.234 e. The largest absolute Gasteiger partial charge is 0.395 e. The van der Waals surface area contributed by atoms with Gasteiger partial charge in [-0.15, -0.1) is 11.3 Å². The highest BCUT2D eigenvalue weighted by molar-refractivity contribution is 7.15. The van der Waals surface area contributed by atoms with Gasteiger partial charge in [0.2, 0.25) is 11.9 Å². The number of anilines is 3. The van der Waals surface area contributed by atoms with Crippen LogP contribution in [0.2, 0.25) is 10.0 Å². The summed E-state index contributed by atoms with van der Waals surface area (Å²) in [5.41, 5.74) is 0.889. The first kappa shape index (κ1) is 22.2. The van der Waals surface area contributed by atoms with E-state index in [9.17, 15) is 0 Å². The molecular formula is C20H23Cl2N7OS. The molecule has 31 heavy (non-hydrogen) atoms. The standard InChI is InChI=1S/C20H23Cl2N7OS/c1-13-24-18(26-19(25-13)29-7-5-28(6-8-29)9-10-30)27-20-23-12-14(31-20)11-15-16(21)3-2-4-17(15)22/h2-4,12,30H,5-11H2,1H3,(H,23,24,25,26,27). The lowest BCUT2D eigenvalue weighted by Gasteiger charge is -2.34. The third-order valence-electron chi connectivity index (χ3n) is 4.99. The van der Waals surface area contributed by atoms with E-state index < -0.39 is 0 Å². The molecule has 1 saturated heterocycles. The number of β-amino-alcohol motifs (C(OH)–C–C–N with tert-alkyl or cyclic N) is 1. The van der Waals surface area contributed by atoms with Crippen LogP contribution in [0.5, 0.6) is 0 Å². The smallest absolute Gasteiger partial charge is 0.234 e. The van der Waals surface area contributed by atoms with Crippen molar-refractivity contribution < 1.29 is 5.11 Å². The van der Waals surface area contributed by atoms with Crippen LogP contribution >= 0.6 is 34.5 Å². The quantitative estimate of drug-likeness (QED) is 0.532. The van der Waals surface area contributed by atoms with Gasteiger partial charge < -0.3 is 10.0 Å². The second kappa shape index (κ2) is 10.1. The number of nitrogens with one attached hydrogen (secondary N) is 1. The second-order valence-electron chi connectivity index (χ2n) is 7.19. The number of aliphatic hydroxyl groups is 1. The van der Waals surface area contributed by atoms with Crippen LogP contribution < -0.4 is 10.2 Å². The van der Waals surface area contributed by atoms with Crippen molar-refractivity contribution in [3.63, 3.8) is 0 Å². The molecule has 1 aliphatic heterocycles. The number of aryl methyl sites for hydroxylation is 1. The number of hydrogen-bond acceptors (Lipinski definition) is 9. The van der Waals surface area contributed by atoms with Crippen LogP contribution in [-0.4, -0.2) is 69.3 Å². The van der Waals surface area contributed by atoms with Crippen LogP contribution in [0.15, 0.2) is 24.4 Å². The van der Waals surface area contributed by atoms with E-state index in [2.05, 4.69) is 35.1 Å². The molecule has 3 aromatic rings. The molecule has 2 aromatic heterocycles. The molecule has 0 saturated carbocycles. The molecule has 4 rings (SSSR count). The van der Waals surface area contributed by atoms with E-state index >= 15 is 0 Å². The number of benzene rings is 1. The zero-order chi connectivity index (χ0) is 21.8. The van der Waals surface area contributed by atoms with Crippen molar-refractivity contribution in [2.75, 3.05) is 49.5 Å². The zero-order valence-corrected chi connectivity index (χ0v) is 19.4. The first-order valence-corrected chi connectivity index (χ1v) is 11.5. The number of halogens is 2. The van der Waals surface area contributed by atoms with E-state index in [0.29, 0.717) is 45.9 Å². The molecule has 0 aliphatic carbocycles. The van der Waals surface area contributed by atoms with Crippen molar-refractivity contribution in [3.8, 4) is 0 Å². The topological polar surface area (TPSA) is 90.3 Å². The van der Waals surface area contributed by atoms with Crippen molar-refractivity contribution in [2.45, 2.75) is 13.3 Å². The van der Waals surface area contributed by atoms with E-state index in [-0.39, 0.29) is 6.61 Å². The Morgan fingerprint density at radius 3 is 2.55 bits per heavy atom. The fourth-order valence-electron chi connectivity index (χ4n) is 3.40. The minimum atomic E-state index is 0.178. The summed E-state index contributed by atoms with van der Waals surface area (Å²) in [5, 5.41) is 14.3. The number of thiazole rings is 1. The van der Waals surface area contributed by atoms with Crippen LogP contribution in [0.4, 0.5) is 17.0 Å². The van der Waals surface area contributed by atoms with Gasteiger partial charge in [0.1, 0.15) is 5.82 Å². The van der Waals surface area contributed by atoms with Crippen LogP contribution in [0.3, 0.4) is 0 Å². The number of rotatable bonds is 7. The highest BCUT2D eigenvalue weighted by atomic mass is 35.5. The van der Waals surface area contributed by atoms with Gasteiger partial charge in [0.25, 0.3) is 0 Å². The van der Waals surface area contributed by atoms with Crippen molar-refractivity contribution >= 4 is 51.6 Å². The Morgan fingerprint density at radius 1 is 1.10 bits per heavy atom. The summed E-state index contributed by atoms with van der Waals surface area (Å²) in [6, 6.07) is 5.50. The molecule has 1 aromatic carbocycles. The number of hydrogen-bond donors (Lipinski definition) is 2. The molecular weight excluding hydrogens is 457 g/mol. The Kier molecular flexibility index (Phi) is 7.19. The molecule has 1 aliphatic rings. The van der Waals surface area contributed by atoms with Gasteiger partial charge in [0.15, 0.2) is 5.13 Å². The Morgan fingerprint density at radius 2 is 1.84 bits per heavy atom. The lowest BCUT2D eigenvalue weighted by atomic mass is 10.1. The van der Waals surface area contributed by atoms with Gasteiger partial charge >= 0.3 is 0 Å². The fourth-order valence-corrected chi connectivity index (χ4v) is 4.75. The van der Waals surface area contributed by atoms with E-state index in [0.717, 1.165) is 36.6 Å². The minimum Gasteiger partial charge on any atom is -0.395 e. The molecule has 11 heteroatoms. The summed E-state index contributed by atoms with van der Waals surface area (Å²) in [6.45, 7) is 6.08. The molecule has 0 atom stereocenters. The fraction of sp³-hybridized carbons (Fsp3) is 0.400. The monoisotopic (exact) mass is 479 g/mol. The maximum absolute atomic E-state index is 9.11. The van der Waals surface area contributed by atoms with Crippen molar-refractivity contribution in [1.29, 1.82) is 0 Å². The summed E-state index contributed by atoms with van der Waals surface area (Å²) < 4.78 is 0. The van der Waals surface area contributed by atoms with E-state index in [1.807, 2.05) is 31.3 Å². The van der Waals surface area contributed by atoms with Gasteiger partial charge in [0.05, 0.1) is 6.61 Å². The average molecular weight is 480 g/mol. The predicted octanol–water partition coefficient (Wildman–Crippen LogP) is 3.39. The van der Waals surface area contributed by atoms with Gasteiger partial charge in [-0.1, -0.05) is 29.3 Å². The predicted molar refractivity (Wildman–Crippen MR) is 125 cm³/mol. The molecule has 0 unspecified atom stereocenters. The Labute approximate surface area is 194 Å². The number of piperazine rings is 1. The van der Waals surface area contributed by atoms with Gasteiger partial charge in [-0.25, -0.2) is 4.98 Å². The molecule has 2 N–H and O–H groups in total. The first-order valence-electron chi connectivity index (χ1n) is 9.97. The SMILES string of the molecule is Cc1nc(Nc2ncc(Cc3c(Cl)cccc3Cl)s2)nc(N2CCN(CCO)CC2)n1. The van der Waals surface area contributed by atoms with Crippen LogP contribution in [0.1, 0.15) is 16.3 Å². The number of aromatic nitrogens is 4. The Bertz CT molecular complexity index is 1020. The molecule has 0 radical (unpaired) electrons. The van der Waals surface area contributed by atoms with Crippen LogP contribution in [-0.2, 0) is 6.42 Å². The van der Waals surface area contributed by atoms with Crippen LogP contribution in [0, 0.1) is 6.92 Å². The van der Waals surface area contributed by atoms with Crippen molar-refractivity contribution in [1.82, 2.24) is 24.8 Å². The summed E-state index contributed by atoms with van der Waals surface area (Å²) in [4.78, 5) is 23.3. The van der Waals surface area contributed by atoms with E-state index in [1.54, 1.807) is 0 Å². The van der Waals surface area contributed by atoms with Crippen molar-refractivity contribution in [3.05, 3.63) is 50.7 Å². The third kappa shape index (κ3) is 5.61. The Balaban J connectivity index is 1.44. The Hall–Kier alpha value is -2.04. The maximum atomic E-state index is 9.11. The molecule has 0 bridgehead atoms. The lowest BCUT2D eigenvalue weighted by Crippen LogP contribution is -2.47. The normalized spacial score (nSPS) is 14.8. The molecule has 1 fully saturated rings. The number of aliphatic hydroxyl groups excluding tert-OH is 1. The molecule has 164 valence electrons. The highest BCUT2D eigenvalue weighted by Gasteiger charge is 2.20. The van der Waals surface area contributed by atoms with E-state index in [4.69, 9.17) is 28.3 Å². The van der Waals surface area contributed by atoms with Crippen LogP contribution in [0.25, 0.3) is 0 Å². The molecule has 3 heterocycles. The molecule has 0 spiro atoms. The zero-order valence-electron chi connectivity index (χ0n) is 17.1. The van der Waals surface area contributed by atoms with Gasteiger partial charge in [-0.3, -0.25) is 10.2 Å². The minimum absolute atomic E-state index is 0.178. The first-order chi connectivity index (χ1) is 15.0. The van der Waals surface area contributed by atoms with Gasteiger partial charge in [-0.05, 0) is 24.6 Å². The highest BCUT2D eigenvalue weighted by Crippen LogP contribution is 2.30. The third-order valence-corrected chi connectivity index (χ3v) is 6.61. The lowest BCUT2D eigenvalue weighted by molar-refractivity contribution is 0.188. The summed E-state index contributed by atoms with van der Waals surface area (Å²) in [5.74, 6) is 1.76. The van der Waals surface area contributed by atoms with E-state index in [1.165, 1.54) is 11.3 Å². The molecule has 0 amide bonds. The van der Waals surface area contributed by atoms with Gasteiger partial charge in [-0.2, -0.15) is 15.0 Å². The van der Waals surface area contributed by atoms with Crippen molar-refractivity contribution in [2.24, 2.45) is 0 Å². The summed E-state index contributed by atoms with van der Waals surface area (Å²) in [7, 11) is 0. The summed E-state index contributed by atoms with van der Waals surface area (Å²) >= 11 is 14.1. The summed E-state index contributed by atoms with van der Waals surface area (Å²) in [6.07, 6.45) is 2.42. The average Bonchev–Trinajstić information content (AvgIpc) is 3.18. The number of nitrogens with zero attached hydrogens (tertiary/aromatic N) is 6. The van der Waals surface area contributed by atoms with Gasteiger partial charge in [0, 0.05) is 60.3 Å². The second-order valence-corrected chi connectivity index (χ2v) is 9.12.